The first-order valence-electron chi connectivity index (χ1n) is 8.01. The number of methoxy groups -OCH3 is 1. The van der Waals surface area contributed by atoms with Gasteiger partial charge in [-0.05, 0) is 42.0 Å². The van der Waals surface area contributed by atoms with E-state index in [1.54, 1.807) is 37.6 Å². The van der Waals surface area contributed by atoms with E-state index in [2.05, 4.69) is 15.8 Å². The van der Waals surface area contributed by atoms with E-state index in [1.807, 2.05) is 43.3 Å². The summed E-state index contributed by atoms with van der Waals surface area (Å²) in [6.45, 7) is -0.165. The molecular weight excluding hydrogens is 332 g/mol. The number of carbonyl (C=O) groups is 2. The Labute approximate surface area is 152 Å². The maximum atomic E-state index is 12.0. The summed E-state index contributed by atoms with van der Waals surface area (Å²) < 4.78 is 5.03. The van der Waals surface area contributed by atoms with Crippen molar-refractivity contribution in [3.8, 4) is 5.75 Å². The third-order valence-electron chi connectivity index (χ3n) is 3.57. The van der Waals surface area contributed by atoms with Crippen LogP contribution in [0.3, 0.4) is 0 Å². The van der Waals surface area contributed by atoms with Gasteiger partial charge in [-0.2, -0.15) is 5.10 Å². The zero-order valence-electron chi connectivity index (χ0n) is 15.0. The van der Waals surface area contributed by atoms with Gasteiger partial charge in [0.05, 0.1) is 19.9 Å². The molecule has 0 bridgehead atoms. The van der Waals surface area contributed by atoms with Crippen molar-refractivity contribution in [3.63, 3.8) is 0 Å². The zero-order chi connectivity index (χ0) is 18.9. The van der Waals surface area contributed by atoms with Gasteiger partial charge in [-0.25, -0.2) is 5.43 Å². The second kappa shape index (κ2) is 9.22. The largest absolute Gasteiger partial charge is 0.497 e. The highest BCUT2D eigenvalue weighted by molar-refractivity contribution is 5.96. The van der Waals surface area contributed by atoms with Gasteiger partial charge in [0, 0.05) is 25.3 Å². The minimum Gasteiger partial charge on any atom is -0.497 e. The highest BCUT2D eigenvalue weighted by atomic mass is 16.5. The predicted molar refractivity (Wildman–Crippen MR) is 102 cm³/mol. The van der Waals surface area contributed by atoms with Gasteiger partial charge in [0.15, 0.2) is 0 Å². The van der Waals surface area contributed by atoms with Crippen LogP contribution in [-0.2, 0) is 4.79 Å². The van der Waals surface area contributed by atoms with Crippen LogP contribution in [0.5, 0.6) is 5.75 Å². The average Bonchev–Trinajstić information content (AvgIpc) is 2.66. The van der Waals surface area contributed by atoms with E-state index in [9.17, 15) is 9.59 Å². The lowest BCUT2D eigenvalue weighted by Gasteiger charge is -2.11. The molecule has 0 unspecified atom stereocenters. The van der Waals surface area contributed by atoms with Gasteiger partial charge in [0.2, 0.25) is 0 Å². The minimum atomic E-state index is -0.409. The Bertz CT molecular complexity index is 768. The van der Waals surface area contributed by atoms with Crippen molar-refractivity contribution in [2.24, 2.45) is 5.10 Å². The van der Waals surface area contributed by atoms with Crippen molar-refractivity contribution >= 4 is 23.7 Å². The van der Waals surface area contributed by atoms with Crippen LogP contribution in [0, 0.1) is 0 Å². The first-order chi connectivity index (χ1) is 12.5. The number of carbonyl (C=O) groups excluding carboxylic acids is 2. The van der Waals surface area contributed by atoms with Crippen LogP contribution in [0.25, 0.3) is 0 Å². The Morgan fingerprint density at radius 2 is 1.73 bits per heavy atom. The molecule has 0 spiro atoms. The van der Waals surface area contributed by atoms with Crippen molar-refractivity contribution in [2.75, 3.05) is 32.6 Å². The van der Waals surface area contributed by atoms with E-state index in [0.717, 1.165) is 11.3 Å². The molecule has 7 nitrogen and oxygen atoms in total. The number of hydrazone groups is 1. The number of ether oxygens (including phenoxy) is 1. The molecule has 0 aliphatic heterocycles. The van der Waals surface area contributed by atoms with Gasteiger partial charge in [-0.3, -0.25) is 9.59 Å². The van der Waals surface area contributed by atoms with Crippen molar-refractivity contribution in [3.05, 3.63) is 59.7 Å². The van der Waals surface area contributed by atoms with Gasteiger partial charge in [-0.15, -0.1) is 0 Å². The van der Waals surface area contributed by atoms with Crippen LogP contribution in [-0.4, -0.2) is 45.8 Å². The monoisotopic (exact) mass is 354 g/mol. The molecule has 0 fully saturated rings. The number of nitrogens with one attached hydrogen (secondary N) is 2. The number of hydrogen-bond donors (Lipinski definition) is 2. The highest BCUT2D eigenvalue weighted by Crippen LogP contribution is 2.11. The Hall–Kier alpha value is -3.35. The SMILES string of the molecule is COc1ccc(C(=O)NCC(=O)N/N=C\c2ccc(N(C)C)cc2)cc1. The van der Waals surface area contributed by atoms with E-state index in [4.69, 9.17) is 4.74 Å². The van der Waals surface area contributed by atoms with Crippen LogP contribution in [0.4, 0.5) is 5.69 Å². The number of amides is 2. The van der Waals surface area contributed by atoms with Gasteiger partial charge in [0.1, 0.15) is 5.75 Å². The first-order valence-corrected chi connectivity index (χ1v) is 8.01. The van der Waals surface area contributed by atoms with Crippen molar-refractivity contribution in [2.45, 2.75) is 0 Å². The van der Waals surface area contributed by atoms with Crippen LogP contribution in [0.1, 0.15) is 15.9 Å². The molecule has 0 saturated carbocycles. The van der Waals surface area contributed by atoms with Gasteiger partial charge < -0.3 is 15.0 Å². The van der Waals surface area contributed by atoms with Crippen LogP contribution in [0.2, 0.25) is 0 Å². The van der Waals surface area contributed by atoms with E-state index in [0.29, 0.717) is 11.3 Å². The lowest BCUT2D eigenvalue weighted by Crippen LogP contribution is -2.34. The molecule has 136 valence electrons. The molecule has 0 heterocycles. The summed E-state index contributed by atoms with van der Waals surface area (Å²) in [7, 11) is 5.48. The maximum Gasteiger partial charge on any atom is 0.259 e. The molecule has 2 amide bonds. The molecule has 7 heteroatoms. The topological polar surface area (TPSA) is 83.0 Å². The fraction of sp³-hybridized carbons (Fsp3) is 0.211. The molecule has 26 heavy (non-hydrogen) atoms. The smallest absolute Gasteiger partial charge is 0.259 e. The molecule has 0 aliphatic rings. The number of anilines is 1. The van der Waals surface area contributed by atoms with Crippen molar-refractivity contribution in [1.82, 2.24) is 10.7 Å². The second-order valence-corrected chi connectivity index (χ2v) is 5.69. The summed E-state index contributed by atoms with van der Waals surface area (Å²) in [6, 6.07) is 14.3. The minimum absolute atomic E-state index is 0.165. The molecule has 2 rings (SSSR count). The molecule has 0 aromatic heterocycles. The molecular formula is C19H22N4O3. The quantitative estimate of drug-likeness (QED) is 0.585. The van der Waals surface area contributed by atoms with Gasteiger partial charge in [-0.1, -0.05) is 12.1 Å². The Morgan fingerprint density at radius 3 is 2.31 bits per heavy atom. The molecule has 0 aliphatic carbocycles. The molecule has 2 aromatic carbocycles. The lowest BCUT2D eigenvalue weighted by atomic mass is 10.2. The predicted octanol–water partition coefficient (Wildman–Crippen LogP) is 1.64. The van der Waals surface area contributed by atoms with Crippen molar-refractivity contribution < 1.29 is 14.3 Å². The summed E-state index contributed by atoms with van der Waals surface area (Å²) in [5.74, 6) is -0.0914. The Morgan fingerprint density at radius 1 is 1.08 bits per heavy atom. The van der Waals surface area contributed by atoms with Crippen LogP contribution in [0.15, 0.2) is 53.6 Å². The molecule has 0 atom stereocenters. The summed E-state index contributed by atoms with van der Waals surface area (Å²) in [5, 5.41) is 6.42. The van der Waals surface area contributed by atoms with E-state index >= 15 is 0 Å². The lowest BCUT2D eigenvalue weighted by molar-refractivity contribution is -0.120. The molecule has 0 saturated heterocycles. The summed E-state index contributed by atoms with van der Waals surface area (Å²) in [4.78, 5) is 25.7. The van der Waals surface area contributed by atoms with Gasteiger partial charge >= 0.3 is 0 Å². The fourth-order valence-electron chi connectivity index (χ4n) is 2.08. The standard InChI is InChI=1S/C19H22N4O3/c1-23(2)16-8-4-14(5-9-16)12-21-22-18(24)13-20-19(25)15-6-10-17(26-3)11-7-15/h4-12H,13H2,1-3H3,(H,20,25)(H,22,24)/b21-12-. The average molecular weight is 354 g/mol. The summed E-state index contributed by atoms with van der Waals surface area (Å²) in [5.41, 5.74) is 4.76. The summed E-state index contributed by atoms with van der Waals surface area (Å²) in [6.07, 6.45) is 1.54. The Balaban J connectivity index is 1.78. The Kier molecular flexibility index (Phi) is 6.73. The normalized spacial score (nSPS) is 10.4. The number of benzene rings is 2. The third kappa shape index (κ3) is 5.62. The number of hydrogen-bond acceptors (Lipinski definition) is 5. The van der Waals surface area contributed by atoms with Gasteiger partial charge in [0.25, 0.3) is 11.8 Å². The van der Waals surface area contributed by atoms with E-state index in [1.165, 1.54) is 0 Å². The summed E-state index contributed by atoms with van der Waals surface area (Å²) >= 11 is 0. The highest BCUT2D eigenvalue weighted by Gasteiger charge is 2.07. The van der Waals surface area contributed by atoms with Crippen LogP contribution >= 0.6 is 0 Å². The molecule has 2 aromatic rings. The third-order valence-corrected chi connectivity index (χ3v) is 3.57. The van der Waals surface area contributed by atoms with E-state index < -0.39 is 5.91 Å². The fourth-order valence-corrected chi connectivity index (χ4v) is 2.08. The number of rotatable bonds is 7. The van der Waals surface area contributed by atoms with Crippen LogP contribution < -0.4 is 20.4 Å². The first kappa shape index (κ1) is 19.0. The molecule has 0 radical (unpaired) electrons. The molecule has 2 N–H and O–H groups in total. The number of nitrogens with zero attached hydrogens (tertiary/aromatic N) is 2. The maximum absolute atomic E-state index is 12.0. The van der Waals surface area contributed by atoms with Crippen molar-refractivity contribution in [1.29, 1.82) is 0 Å². The second-order valence-electron chi connectivity index (χ2n) is 5.69. The van der Waals surface area contributed by atoms with E-state index in [-0.39, 0.29) is 12.5 Å². The zero-order valence-corrected chi connectivity index (χ0v) is 15.0.